The number of H-pyrrole nitrogens is 1. The predicted octanol–water partition coefficient (Wildman–Crippen LogP) is 3.64. The van der Waals surface area contributed by atoms with Gasteiger partial charge in [-0.3, -0.25) is 9.89 Å². The third-order valence-corrected chi connectivity index (χ3v) is 4.04. The molecule has 0 fully saturated rings. The van der Waals surface area contributed by atoms with E-state index in [1.165, 1.54) is 11.3 Å². The van der Waals surface area contributed by atoms with Crippen molar-refractivity contribution in [3.63, 3.8) is 0 Å². The molecule has 2 N–H and O–H groups in total. The molecular formula is C12H8BrN3OS. The molecule has 3 aromatic rings. The molecule has 0 spiro atoms. The molecular weight excluding hydrogens is 314 g/mol. The molecule has 6 heteroatoms. The largest absolute Gasteiger partial charge is 0.305 e. The van der Waals surface area contributed by atoms with Gasteiger partial charge >= 0.3 is 0 Å². The molecule has 0 bridgehead atoms. The molecule has 2 heterocycles. The first-order valence-corrected chi connectivity index (χ1v) is 6.90. The Kier molecular flexibility index (Phi) is 2.89. The van der Waals surface area contributed by atoms with E-state index in [2.05, 4.69) is 31.4 Å². The second-order valence-corrected chi connectivity index (χ2v) is 6.00. The lowest BCUT2D eigenvalue weighted by molar-refractivity contribution is 0.102. The number of carbonyl (C=O) groups excluding carboxylic acids is 1. The minimum absolute atomic E-state index is 0.158. The van der Waals surface area contributed by atoms with E-state index in [-0.39, 0.29) is 5.91 Å². The van der Waals surface area contributed by atoms with Gasteiger partial charge in [-0.25, -0.2) is 0 Å². The number of halogens is 1. The number of para-hydroxylation sites is 1. The summed E-state index contributed by atoms with van der Waals surface area (Å²) in [5.74, 6) is 0.395. The van der Waals surface area contributed by atoms with Crippen molar-refractivity contribution in [3.8, 4) is 0 Å². The minimum atomic E-state index is -0.158. The Morgan fingerprint density at radius 2 is 2.22 bits per heavy atom. The zero-order valence-electron chi connectivity index (χ0n) is 9.11. The fourth-order valence-electron chi connectivity index (χ4n) is 1.67. The molecule has 0 aliphatic heterocycles. The number of hydrogen-bond donors (Lipinski definition) is 2. The van der Waals surface area contributed by atoms with Crippen LogP contribution in [0.2, 0.25) is 0 Å². The van der Waals surface area contributed by atoms with Gasteiger partial charge < -0.3 is 5.32 Å². The van der Waals surface area contributed by atoms with Crippen LogP contribution >= 0.6 is 27.3 Å². The van der Waals surface area contributed by atoms with Gasteiger partial charge in [0.2, 0.25) is 0 Å². The van der Waals surface area contributed by atoms with Gasteiger partial charge in [0.1, 0.15) is 0 Å². The quantitative estimate of drug-likeness (QED) is 0.757. The molecule has 0 unspecified atom stereocenters. The van der Waals surface area contributed by atoms with Crippen LogP contribution in [0.15, 0.2) is 39.5 Å². The summed E-state index contributed by atoms with van der Waals surface area (Å²) in [5, 5.41) is 12.5. The topological polar surface area (TPSA) is 57.8 Å². The standard InChI is InChI=1S/C12H8BrN3OS/c13-10-5-7(6-18-10)12(17)14-11-8-3-1-2-4-9(8)15-16-11/h1-6H,(H2,14,15,16,17). The second-order valence-electron chi connectivity index (χ2n) is 3.71. The Labute approximate surface area is 115 Å². The van der Waals surface area contributed by atoms with Crippen molar-refractivity contribution in [3.05, 3.63) is 45.1 Å². The van der Waals surface area contributed by atoms with Gasteiger partial charge in [-0.1, -0.05) is 12.1 Å². The minimum Gasteiger partial charge on any atom is -0.305 e. The number of anilines is 1. The van der Waals surface area contributed by atoms with E-state index >= 15 is 0 Å². The van der Waals surface area contributed by atoms with Crippen LogP contribution in [-0.4, -0.2) is 16.1 Å². The number of benzene rings is 1. The van der Waals surface area contributed by atoms with Crippen LogP contribution in [0.1, 0.15) is 10.4 Å². The first kappa shape index (κ1) is 11.4. The molecule has 0 atom stereocenters. The van der Waals surface area contributed by atoms with Gasteiger partial charge in [0, 0.05) is 10.8 Å². The average Bonchev–Trinajstić information content (AvgIpc) is 2.97. The van der Waals surface area contributed by atoms with Gasteiger partial charge in [-0.15, -0.1) is 11.3 Å². The van der Waals surface area contributed by atoms with Gasteiger partial charge in [0.05, 0.1) is 14.9 Å². The summed E-state index contributed by atoms with van der Waals surface area (Å²) in [6.45, 7) is 0. The Hall–Kier alpha value is -1.66. The molecule has 18 heavy (non-hydrogen) atoms. The van der Waals surface area contributed by atoms with Gasteiger partial charge in [-0.05, 0) is 34.1 Å². The molecule has 0 saturated carbocycles. The summed E-state index contributed by atoms with van der Waals surface area (Å²) in [7, 11) is 0. The van der Waals surface area contributed by atoms with Crippen molar-refractivity contribution in [2.45, 2.75) is 0 Å². The number of aromatic nitrogens is 2. The lowest BCUT2D eigenvalue weighted by Gasteiger charge is -1.99. The highest BCUT2D eigenvalue weighted by atomic mass is 79.9. The predicted molar refractivity (Wildman–Crippen MR) is 76.1 cm³/mol. The molecule has 4 nitrogen and oxygen atoms in total. The summed E-state index contributed by atoms with van der Waals surface area (Å²) >= 11 is 4.81. The maximum absolute atomic E-state index is 12.0. The summed E-state index contributed by atoms with van der Waals surface area (Å²) < 4.78 is 0.930. The molecule has 0 saturated heterocycles. The van der Waals surface area contributed by atoms with Crippen LogP contribution in [-0.2, 0) is 0 Å². The number of carbonyl (C=O) groups is 1. The summed E-state index contributed by atoms with van der Waals surface area (Å²) in [4.78, 5) is 12.0. The Bertz CT molecular complexity index is 719. The Morgan fingerprint density at radius 3 is 3.00 bits per heavy atom. The van der Waals surface area contributed by atoms with Gasteiger partial charge in [0.15, 0.2) is 5.82 Å². The Balaban J connectivity index is 1.90. The van der Waals surface area contributed by atoms with E-state index in [1.54, 1.807) is 11.4 Å². The van der Waals surface area contributed by atoms with E-state index < -0.39 is 0 Å². The van der Waals surface area contributed by atoms with E-state index in [0.29, 0.717) is 11.4 Å². The second kappa shape index (κ2) is 4.55. The van der Waals surface area contributed by atoms with Crippen molar-refractivity contribution in [2.24, 2.45) is 0 Å². The fraction of sp³-hybridized carbons (Fsp3) is 0. The number of nitrogens with zero attached hydrogens (tertiary/aromatic N) is 1. The van der Waals surface area contributed by atoms with Crippen molar-refractivity contribution in [2.75, 3.05) is 5.32 Å². The van der Waals surface area contributed by atoms with Crippen molar-refractivity contribution >= 4 is 49.9 Å². The highest BCUT2D eigenvalue weighted by Gasteiger charge is 2.11. The van der Waals surface area contributed by atoms with Crippen LogP contribution in [0.5, 0.6) is 0 Å². The van der Waals surface area contributed by atoms with Crippen molar-refractivity contribution < 1.29 is 4.79 Å². The molecule has 2 aromatic heterocycles. The van der Waals surface area contributed by atoms with Crippen LogP contribution in [0.4, 0.5) is 5.82 Å². The van der Waals surface area contributed by atoms with Gasteiger partial charge in [0.25, 0.3) is 5.91 Å². The molecule has 0 aliphatic carbocycles. The molecule has 3 rings (SSSR count). The third kappa shape index (κ3) is 2.04. The molecule has 90 valence electrons. The zero-order chi connectivity index (χ0) is 12.5. The number of amides is 1. The molecule has 0 radical (unpaired) electrons. The maximum atomic E-state index is 12.0. The monoisotopic (exact) mass is 321 g/mol. The van der Waals surface area contributed by atoms with Crippen molar-refractivity contribution in [1.82, 2.24) is 10.2 Å². The van der Waals surface area contributed by atoms with E-state index in [4.69, 9.17) is 0 Å². The summed E-state index contributed by atoms with van der Waals surface area (Å²) in [6, 6.07) is 9.45. The van der Waals surface area contributed by atoms with Gasteiger partial charge in [-0.2, -0.15) is 5.10 Å². The molecule has 1 aromatic carbocycles. The number of fused-ring (bicyclic) bond motifs is 1. The van der Waals surface area contributed by atoms with Crippen LogP contribution < -0.4 is 5.32 Å². The lowest BCUT2D eigenvalue weighted by Crippen LogP contribution is -2.11. The number of hydrogen-bond acceptors (Lipinski definition) is 3. The normalized spacial score (nSPS) is 10.7. The fourth-order valence-corrected chi connectivity index (χ4v) is 2.80. The number of rotatable bonds is 2. The number of thiophene rings is 1. The smallest absolute Gasteiger partial charge is 0.257 e. The van der Waals surface area contributed by atoms with E-state index in [9.17, 15) is 4.79 Å². The summed E-state index contributed by atoms with van der Waals surface area (Å²) in [6.07, 6.45) is 0. The summed E-state index contributed by atoms with van der Waals surface area (Å²) in [5.41, 5.74) is 1.53. The zero-order valence-corrected chi connectivity index (χ0v) is 11.5. The first-order chi connectivity index (χ1) is 8.74. The number of aromatic amines is 1. The van der Waals surface area contributed by atoms with E-state index in [1.807, 2.05) is 24.3 Å². The highest BCUT2D eigenvalue weighted by molar-refractivity contribution is 9.11. The van der Waals surface area contributed by atoms with Crippen LogP contribution in [0.25, 0.3) is 10.9 Å². The average molecular weight is 322 g/mol. The molecule has 0 aliphatic rings. The van der Waals surface area contributed by atoms with Crippen LogP contribution in [0, 0.1) is 0 Å². The molecule has 1 amide bonds. The first-order valence-electron chi connectivity index (χ1n) is 5.22. The number of nitrogens with one attached hydrogen (secondary N) is 2. The van der Waals surface area contributed by atoms with E-state index in [0.717, 1.165) is 14.7 Å². The maximum Gasteiger partial charge on any atom is 0.257 e. The lowest BCUT2D eigenvalue weighted by atomic mass is 10.2. The Morgan fingerprint density at radius 1 is 1.39 bits per heavy atom. The SMILES string of the molecule is O=C(Nc1n[nH]c2ccccc12)c1csc(Br)c1. The third-order valence-electron chi connectivity index (χ3n) is 2.53. The highest BCUT2D eigenvalue weighted by Crippen LogP contribution is 2.23. The van der Waals surface area contributed by atoms with Crippen molar-refractivity contribution in [1.29, 1.82) is 0 Å². The van der Waals surface area contributed by atoms with Crippen LogP contribution in [0.3, 0.4) is 0 Å².